The zero-order valence-corrected chi connectivity index (χ0v) is 9.18. The molecule has 1 unspecified atom stereocenters. The minimum absolute atomic E-state index is 0.246. The topological polar surface area (TPSA) is 99.9 Å². The number of hydrogen-bond acceptors (Lipinski definition) is 6. The zero-order chi connectivity index (χ0) is 11.7. The molecule has 90 valence electrons. The molecule has 1 atom stereocenters. The van der Waals surface area contributed by atoms with Crippen LogP contribution in [0.25, 0.3) is 11.6 Å². The molecule has 2 aromatic rings. The Hall–Kier alpha value is -1.73. The summed E-state index contributed by atoms with van der Waals surface area (Å²) < 4.78 is 5.12. The predicted octanol–water partition coefficient (Wildman–Crippen LogP) is 0.0307. The molecule has 7 nitrogen and oxygen atoms in total. The van der Waals surface area contributed by atoms with Crippen molar-refractivity contribution in [3.8, 4) is 11.6 Å². The molecule has 0 aliphatic carbocycles. The Morgan fingerprint density at radius 3 is 3.12 bits per heavy atom. The van der Waals surface area contributed by atoms with Crippen LogP contribution in [0.4, 0.5) is 0 Å². The maximum atomic E-state index is 10.4. The number of H-pyrrole nitrogens is 1. The molecule has 1 aliphatic heterocycles. The summed E-state index contributed by atoms with van der Waals surface area (Å²) in [7, 11) is 0. The highest BCUT2D eigenvalue weighted by atomic mass is 16.5. The fourth-order valence-corrected chi connectivity index (χ4v) is 1.97. The molecule has 1 saturated heterocycles. The quantitative estimate of drug-likeness (QED) is 0.679. The number of β-amino-alcohol motifs (C(OH)–C–C–N with tert-alkyl or cyclic N) is 1. The van der Waals surface area contributed by atoms with E-state index in [1.165, 1.54) is 0 Å². The van der Waals surface area contributed by atoms with Gasteiger partial charge in [-0.25, -0.2) is 4.98 Å². The largest absolute Gasteiger partial charge is 0.379 e. The Balaban J connectivity index is 1.89. The van der Waals surface area contributed by atoms with Gasteiger partial charge in [0.2, 0.25) is 5.82 Å². The summed E-state index contributed by atoms with van der Waals surface area (Å²) in [5.74, 6) is 1.15. The first-order valence-electron chi connectivity index (χ1n) is 5.55. The van der Waals surface area contributed by atoms with Crippen LogP contribution in [0, 0.1) is 0 Å². The molecule has 0 radical (unpaired) electrons. The molecule has 0 aromatic carbocycles. The first-order chi connectivity index (χ1) is 8.28. The van der Waals surface area contributed by atoms with Crippen molar-refractivity contribution >= 4 is 0 Å². The minimum atomic E-state index is -1.06. The Morgan fingerprint density at radius 1 is 1.47 bits per heavy atom. The van der Waals surface area contributed by atoms with E-state index >= 15 is 0 Å². The van der Waals surface area contributed by atoms with Crippen molar-refractivity contribution in [1.29, 1.82) is 0 Å². The third kappa shape index (κ3) is 1.83. The maximum absolute atomic E-state index is 10.4. The summed E-state index contributed by atoms with van der Waals surface area (Å²) in [6, 6.07) is 0. The third-order valence-electron chi connectivity index (χ3n) is 2.90. The highest BCUT2D eigenvalue weighted by Crippen LogP contribution is 2.27. The second-order valence-corrected chi connectivity index (χ2v) is 4.17. The van der Waals surface area contributed by atoms with Gasteiger partial charge in [-0.2, -0.15) is 4.98 Å². The highest BCUT2D eigenvalue weighted by molar-refractivity contribution is 5.41. The molecule has 0 amide bonds. The lowest BCUT2D eigenvalue weighted by atomic mass is 9.94. The average molecular weight is 235 g/mol. The SMILES string of the molecule is OC1(c2nc(-c3ncc[nH]3)no2)CCCNC1. The second-order valence-electron chi connectivity index (χ2n) is 4.17. The normalized spacial score (nSPS) is 25.0. The van der Waals surface area contributed by atoms with Crippen molar-refractivity contribution in [2.75, 3.05) is 13.1 Å². The Kier molecular flexibility index (Phi) is 2.41. The summed E-state index contributed by atoms with van der Waals surface area (Å²) >= 11 is 0. The smallest absolute Gasteiger partial charge is 0.260 e. The highest BCUT2D eigenvalue weighted by Gasteiger charge is 2.37. The fourth-order valence-electron chi connectivity index (χ4n) is 1.97. The van der Waals surface area contributed by atoms with Gasteiger partial charge in [0.25, 0.3) is 5.89 Å². The minimum Gasteiger partial charge on any atom is -0.379 e. The van der Waals surface area contributed by atoms with Crippen LogP contribution in [0.1, 0.15) is 18.7 Å². The molecule has 0 bridgehead atoms. The fraction of sp³-hybridized carbons (Fsp3) is 0.500. The number of nitrogens with zero attached hydrogens (tertiary/aromatic N) is 3. The van der Waals surface area contributed by atoms with E-state index in [9.17, 15) is 5.11 Å². The van der Waals surface area contributed by atoms with Gasteiger partial charge < -0.3 is 19.9 Å². The van der Waals surface area contributed by atoms with Gasteiger partial charge in [0.15, 0.2) is 11.4 Å². The van der Waals surface area contributed by atoms with Crippen molar-refractivity contribution in [3.63, 3.8) is 0 Å². The Bertz CT molecular complexity index is 487. The van der Waals surface area contributed by atoms with Crippen LogP contribution in [-0.4, -0.2) is 38.3 Å². The lowest BCUT2D eigenvalue weighted by Gasteiger charge is -2.28. The zero-order valence-electron chi connectivity index (χ0n) is 9.18. The average Bonchev–Trinajstić information content (AvgIpc) is 3.01. The molecular weight excluding hydrogens is 222 g/mol. The number of aliphatic hydroxyl groups is 1. The summed E-state index contributed by atoms with van der Waals surface area (Å²) in [6.07, 6.45) is 4.80. The van der Waals surface area contributed by atoms with Crippen molar-refractivity contribution in [2.45, 2.75) is 18.4 Å². The van der Waals surface area contributed by atoms with E-state index in [2.05, 4.69) is 25.4 Å². The first-order valence-corrected chi connectivity index (χ1v) is 5.55. The molecule has 3 rings (SSSR count). The number of imidazole rings is 1. The molecule has 7 heteroatoms. The second kappa shape index (κ2) is 3.94. The monoisotopic (exact) mass is 235 g/mol. The third-order valence-corrected chi connectivity index (χ3v) is 2.90. The van der Waals surface area contributed by atoms with Gasteiger partial charge in [0, 0.05) is 18.9 Å². The van der Waals surface area contributed by atoms with Gasteiger partial charge in [0.1, 0.15) is 0 Å². The van der Waals surface area contributed by atoms with Crippen molar-refractivity contribution < 1.29 is 9.63 Å². The van der Waals surface area contributed by atoms with Crippen LogP contribution in [0.2, 0.25) is 0 Å². The number of hydrogen-bond donors (Lipinski definition) is 3. The van der Waals surface area contributed by atoms with Crippen molar-refractivity contribution in [3.05, 3.63) is 18.3 Å². The molecule has 0 spiro atoms. The van der Waals surface area contributed by atoms with E-state index in [4.69, 9.17) is 4.52 Å². The van der Waals surface area contributed by atoms with E-state index < -0.39 is 5.60 Å². The number of aromatic amines is 1. The van der Waals surface area contributed by atoms with Gasteiger partial charge >= 0.3 is 0 Å². The van der Waals surface area contributed by atoms with Gasteiger partial charge in [0.05, 0.1) is 0 Å². The van der Waals surface area contributed by atoms with Crippen molar-refractivity contribution in [1.82, 2.24) is 25.4 Å². The molecule has 3 heterocycles. The lowest BCUT2D eigenvalue weighted by Crippen LogP contribution is -2.43. The predicted molar refractivity (Wildman–Crippen MR) is 57.9 cm³/mol. The van der Waals surface area contributed by atoms with E-state index in [0.29, 0.717) is 24.6 Å². The molecule has 17 heavy (non-hydrogen) atoms. The molecule has 0 saturated carbocycles. The molecule has 1 aliphatic rings. The number of aromatic nitrogens is 4. The van der Waals surface area contributed by atoms with Crippen LogP contribution in [-0.2, 0) is 5.60 Å². The van der Waals surface area contributed by atoms with E-state index in [1.54, 1.807) is 12.4 Å². The van der Waals surface area contributed by atoms with Gasteiger partial charge in [-0.3, -0.25) is 0 Å². The summed E-state index contributed by atoms with van der Waals surface area (Å²) in [5, 5.41) is 17.3. The van der Waals surface area contributed by atoms with E-state index in [0.717, 1.165) is 13.0 Å². The number of nitrogens with one attached hydrogen (secondary N) is 2. The molecule has 1 fully saturated rings. The maximum Gasteiger partial charge on any atom is 0.260 e. The Labute approximate surface area is 97.3 Å². The summed E-state index contributed by atoms with van der Waals surface area (Å²) in [5.41, 5.74) is -1.06. The lowest BCUT2D eigenvalue weighted by molar-refractivity contribution is -0.0167. The van der Waals surface area contributed by atoms with Crippen LogP contribution in [0.15, 0.2) is 16.9 Å². The molecule has 2 aromatic heterocycles. The first kappa shape index (κ1) is 10.4. The van der Waals surface area contributed by atoms with E-state index in [1.807, 2.05) is 0 Å². The summed E-state index contributed by atoms with van der Waals surface area (Å²) in [6.45, 7) is 1.34. The van der Waals surface area contributed by atoms with Crippen LogP contribution in [0.5, 0.6) is 0 Å². The van der Waals surface area contributed by atoms with Gasteiger partial charge in [-0.05, 0) is 19.4 Å². The van der Waals surface area contributed by atoms with Crippen LogP contribution < -0.4 is 5.32 Å². The number of rotatable bonds is 2. The number of piperidine rings is 1. The van der Waals surface area contributed by atoms with Crippen LogP contribution in [0.3, 0.4) is 0 Å². The van der Waals surface area contributed by atoms with Gasteiger partial charge in [-0.1, -0.05) is 5.16 Å². The molecular formula is C10H13N5O2. The van der Waals surface area contributed by atoms with Crippen molar-refractivity contribution in [2.24, 2.45) is 0 Å². The molecule has 3 N–H and O–H groups in total. The van der Waals surface area contributed by atoms with Gasteiger partial charge in [-0.15, -0.1) is 0 Å². The standard InChI is InChI=1S/C10H13N5O2/c16-10(2-1-3-11-6-10)9-14-8(15-17-9)7-12-4-5-13-7/h4-5,11,16H,1-3,6H2,(H,12,13). The Morgan fingerprint density at radius 2 is 2.41 bits per heavy atom. The van der Waals surface area contributed by atoms with Crippen LogP contribution >= 0.6 is 0 Å². The van der Waals surface area contributed by atoms with E-state index in [-0.39, 0.29) is 5.89 Å². The summed E-state index contributed by atoms with van der Waals surface area (Å²) in [4.78, 5) is 11.1.